The molecule has 0 atom stereocenters. The van der Waals surface area contributed by atoms with Crippen LogP contribution in [0.15, 0.2) is 66.7 Å². The van der Waals surface area contributed by atoms with Crippen molar-refractivity contribution in [2.24, 2.45) is 0 Å². The molecule has 0 aliphatic heterocycles. The Kier molecular flexibility index (Phi) is 19.1. The van der Waals surface area contributed by atoms with Gasteiger partial charge in [0.1, 0.15) is 5.82 Å². The van der Waals surface area contributed by atoms with Gasteiger partial charge in [-0.3, -0.25) is 0 Å². The summed E-state index contributed by atoms with van der Waals surface area (Å²) in [5.41, 5.74) is 14.3. The minimum Gasteiger partial charge on any atom is -0.207 e. The second-order valence-corrected chi connectivity index (χ2v) is 14.2. The maximum Gasteiger partial charge on any atom is 0.126 e. The summed E-state index contributed by atoms with van der Waals surface area (Å²) in [7, 11) is 0. The Morgan fingerprint density at radius 3 is 1.20 bits per heavy atom. The van der Waals surface area contributed by atoms with Gasteiger partial charge in [0.05, 0.1) is 0 Å². The van der Waals surface area contributed by atoms with Gasteiger partial charge in [-0.1, -0.05) is 135 Å². The van der Waals surface area contributed by atoms with E-state index in [1.54, 1.807) is 6.07 Å². The van der Waals surface area contributed by atoms with Crippen LogP contribution in [0.2, 0.25) is 5.02 Å². The molecule has 0 N–H and O–H groups in total. The molecule has 46 heavy (non-hydrogen) atoms. The quantitative estimate of drug-likeness (QED) is 0.207. The van der Waals surface area contributed by atoms with Crippen molar-refractivity contribution in [1.29, 1.82) is 0 Å². The van der Waals surface area contributed by atoms with E-state index in [4.69, 9.17) is 11.6 Å². The second kappa shape index (κ2) is 20.4. The maximum absolute atomic E-state index is 13.1. The fourth-order valence-corrected chi connectivity index (χ4v) is 6.49. The fraction of sp³-hybridized carbons (Fsp3) is 0.455. The van der Waals surface area contributed by atoms with Gasteiger partial charge in [-0.2, -0.15) is 0 Å². The average molecular weight is 647 g/mol. The van der Waals surface area contributed by atoms with Crippen molar-refractivity contribution >= 4 is 11.6 Å². The molecule has 0 amide bonds. The standard InChI is InChI=1S/C12H18.C11H16.C10H13Cl.C10H13F.CH4/c1-8(2)12-10(4)6-9(3)7-11(12)5;1-8(2)11-9(3)6-5-7-10(11)4;2*1-7(2)9-5-4-8(3)6-10(9)11;/h6-8H,1-5H3;5-8H,1-4H3;2*4-7H,1-3H3;1H4. The van der Waals surface area contributed by atoms with Crippen LogP contribution in [-0.2, 0) is 0 Å². The molecule has 0 saturated carbocycles. The topological polar surface area (TPSA) is 0 Å². The van der Waals surface area contributed by atoms with Gasteiger partial charge in [0, 0.05) is 5.02 Å². The molecule has 4 aromatic carbocycles. The Morgan fingerprint density at radius 2 is 0.848 bits per heavy atom. The number of benzene rings is 4. The van der Waals surface area contributed by atoms with Gasteiger partial charge < -0.3 is 0 Å². The first-order valence-corrected chi connectivity index (χ1v) is 16.9. The van der Waals surface area contributed by atoms with Crippen LogP contribution in [0, 0.1) is 54.3 Å². The van der Waals surface area contributed by atoms with E-state index in [2.05, 4.69) is 126 Å². The first-order chi connectivity index (χ1) is 20.9. The molecule has 4 rings (SSSR count). The molecule has 254 valence electrons. The van der Waals surface area contributed by atoms with E-state index in [0.29, 0.717) is 17.8 Å². The summed E-state index contributed by atoms with van der Waals surface area (Å²) in [4.78, 5) is 0. The van der Waals surface area contributed by atoms with E-state index in [1.165, 1.54) is 50.1 Å². The van der Waals surface area contributed by atoms with Crippen LogP contribution in [0.3, 0.4) is 0 Å². The minimum atomic E-state index is -0.0833. The Bertz CT molecular complexity index is 1390. The van der Waals surface area contributed by atoms with Gasteiger partial charge in [-0.15, -0.1) is 0 Å². The van der Waals surface area contributed by atoms with E-state index in [-0.39, 0.29) is 19.2 Å². The highest BCUT2D eigenvalue weighted by atomic mass is 35.5. The molecule has 0 spiro atoms. The normalized spacial score (nSPS) is 10.5. The van der Waals surface area contributed by atoms with Crippen LogP contribution in [0.1, 0.15) is 148 Å². The molecule has 0 heterocycles. The van der Waals surface area contributed by atoms with Crippen LogP contribution in [0.25, 0.3) is 0 Å². The molecular weight excluding hydrogens is 583 g/mol. The molecule has 0 radical (unpaired) electrons. The van der Waals surface area contributed by atoms with Crippen LogP contribution in [-0.4, -0.2) is 0 Å². The third kappa shape index (κ3) is 13.8. The molecular formula is C44H64ClF. The van der Waals surface area contributed by atoms with Crippen molar-refractivity contribution in [2.45, 2.75) is 135 Å². The number of hydrogen-bond acceptors (Lipinski definition) is 0. The molecule has 0 aliphatic carbocycles. The van der Waals surface area contributed by atoms with Gasteiger partial charge in [-0.05, 0) is 140 Å². The first-order valence-electron chi connectivity index (χ1n) is 16.5. The molecule has 0 bridgehead atoms. The zero-order valence-electron chi connectivity index (χ0n) is 30.9. The van der Waals surface area contributed by atoms with Crippen molar-refractivity contribution in [3.05, 3.63) is 139 Å². The highest BCUT2D eigenvalue weighted by Crippen LogP contribution is 2.26. The number of halogens is 2. The van der Waals surface area contributed by atoms with E-state index < -0.39 is 0 Å². The molecule has 0 aliphatic rings. The van der Waals surface area contributed by atoms with E-state index in [0.717, 1.165) is 16.1 Å². The molecule has 2 heteroatoms. The Morgan fingerprint density at radius 1 is 0.457 bits per heavy atom. The predicted molar refractivity (Wildman–Crippen MR) is 207 cm³/mol. The summed E-state index contributed by atoms with van der Waals surface area (Å²) in [6, 6.07) is 22.6. The van der Waals surface area contributed by atoms with Crippen LogP contribution in [0.4, 0.5) is 4.39 Å². The van der Waals surface area contributed by atoms with Crippen LogP contribution in [0.5, 0.6) is 0 Å². The van der Waals surface area contributed by atoms with Gasteiger partial charge in [0.15, 0.2) is 0 Å². The van der Waals surface area contributed by atoms with Gasteiger partial charge in [0.2, 0.25) is 0 Å². The lowest BCUT2D eigenvalue weighted by Crippen LogP contribution is -1.96. The molecule has 0 aromatic heterocycles. The van der Waals surface area contributed by atoms with Crippen molar-refractivity contribution < 1.29 is 4.39 Å². The van der Waals surface area contributed by atoms with Gasteiger partial charge >= 0.3 is 0 Å². The fourth-order valence-electron chi connectivity index (χ4n) is 6.04. The molecule has 0 unspecified atom stereocenters. The zero-order valence-corrected chi connectivity index (χ0v) is 31.7. The summed E-state index contributed by atoms with van der Waals surface area (Å²) >= 11 is 6.02. The SMILES string of the molecule is C.Cc1cc(C)c(C(C)C)c(C)c1.Cc1ccc(C(C)C)c(Cl)c1.Cc1ccc(C(C)C)c(F)c1.Cc1cccc(C)c1C(C)C. The zero-order chi connectivity index (χ0) is 34.6. The largest absolute Gasteiger partial charge is 0.207 e. The molecule has 0 nitrogen and oxygen atoms in total. The number of rotatable bonds is 4. The Balaban J connectivity index is 0.000000583. The molecule has 4 aromatic rings. The minimum absolute atomic E-state index is 0. The van der Waals surface area contributed by atoms with Crippen LogP contribution < -0.4 is 0 Å². The lowest BCUT2D eigenvalue weighted by molar-refractivity contribution is 0.597. The summed E-state index contributed by atoms with van der Waals surface area (Å²) in [6.07, 6.45) is 0. The number of aryl methyl sites for hydroxylation is 7. The highest BCUT2D eigenvalue weighted by molar-refractivity contribution is 6.31. The predicted octanol–water partition coefficient (Wildman–Crippen LogP) is 14.8. The summed E-state index contributed by atoms with van der Waals surface area (Å²) in [6.45, 7) is 32.2. The summed E-state index contributed by atoms with van der Waals surface area (Å²) < 4.78 is 13.1. The van der Waals surface area contributed by atoms with Crippen LogP contribution >= 0.6 is 11.6 Å². The van der Waals surface area contributed by atoms with Crippen molar-refractivity contribution in [2.75, 3.05) is 0 Å². The third-order valence-corrected chi connectivity index (χ3v) is 8.32. The highest BCUT2D eigenvalue weighted by Gasteiger charge is 2.08. The van der Waals surface area contributed by atoms with E-state index >= 15 is 0 Å². The molecule has 0 fully saturated rings. The summed E-state index contributed by atoms with van der Waals surface area (Å²) in [5, 5.41) is 0.889. The third-order valence-electron chi connectivity index (χ3n) is 7.99. The van der Waals surface area contributed by atoms with E-state index in [1.807, 2.05) is 39.0 Å². The van der Waals surface area contributed by atoms with E-state index in [9.17, 15) is 4.39 Å². The Labute approximate surface area is 288 Å². The smallest absolute Gasteiger partial charge is 0.126 e. The van der Waals surface area contributed by atoms with Crippen molar-refractivity contribution in [1.82, 2.24) is 0 Å². The van der Waals surface area contributed by atoms with Crippen molar-refractivity contribution in [3.63, 3.8) is 0 Å². The van der Waals surface area contributed by atoms with Gasteiger partial charge in [0.25, 0.3) is 0 Å². The Hall–Kier alpha value is -2.90. The first kappa shape index (κ1) is 43.1. The van der Waals surface area contributed by atoms with Crippen molar-refractivity contribution in [3.8, 4) is 0 Å². The summed E-state index contributed by atoms with van der Waals surface area (Å²) in [5.74, 6) is 2.00. The molecule has 0 saturated heterocycles. The average Bonchev–Trinajstić information content (AvgIpc) is 2.88. The van der Waals surface area contributed by atoms with Gasteiger partial charge in [-0.25, -0.2) is 4.39 Å². The maximum atomic E-state index is 13.1. The lowest BCUT2D eigenvalue weighted by Gasteiger charge is -2.14. The number of hydrogen-bond donors (Lipinski definition) is 0. The lowest BCUT2D eigenvalue weighted by atomic mass is 9.92. The monoisotopic (exact) mass is 646 g/mol. The second-order valence-electron chi connectivity index (χ2n) is 13.8.